The summed E-state index contributed by atoms with van der Waals surface area (Å²) in [5.41, 5.74) is -7.62. The predicted octanol–water partition coefficient (Wildman–Crippen LogP) is 9.14. The molecule has 0 aromatic heterocycles. The molecule has 0 amide bonds. The Kier molecular flexibility index (Phi) is 9.67. The van der Waals surface area contributed by atoms with Gasteiger partial charge in [-0.2, -0.15) is 26.3 Å². The normalized spacial score (nSPS) is 12.4. The number of ketones is 1. The minimum atomic E-state index is -5.37. The van der Waals surface area contributed by atoms with Crippen LogP contribution < -0.4 is 14.8 Å². The molecule has 1 unspecified atom stereocenters. The molecular formula is C35H23F6O5P. The van der Waals surface area contributed by atoms with E-state index in [0.717, 1.165) is 6.07 Å². The Labute approximate surface area is 265 Å². The van der Waals surface area contributed by atoms with E-state index in [9.17, 15) is 40.5 Å². The molecule has 240 valence electrons. The molecule has 0 saturated heterocycles. The molecule has 0 saturated carbocycles. The zero-order valence-corrected chi connectivity index (χ0v) is 25.0. The Hall–Kier alpha value is -5.15. The van der Waals surface area contributed by atoms with Crippen LogP contribution in [0.1, 0.15) is 49.3 Å². The van der Waals surface area contributed by atoms with Gasteiger partial charge in [0.25, 0.3) is 6.29 Å². The van der Waals surface area contributed by atoms with Gasteiger partial charge in [-0.15, -0.1) is 0 Å². The molecule has 0 bridgehead atoms. The average molecular weight is 669 g/mol. The molecule has 0 aliphatic rings. The van der Waals surface area contributed by atoms with E-state index in [2.05, 4.69) is 0 Å². The summed E-state index contributed by atoms with van der Waals surface area (Å²) in [4.78, 5) is 27.5. The number of para-hydroxylation sites is 2. The third kappa shape index (κ3) is 7.47. The minimum Gasteiger partial charge on any atom is -0.451 e. The van der Waals surface area contributed by atoms with Gasteiger partial charge < -0.3 is 14.0 Å². The van der Waals surface area contributed by atoms with Crippen LogP contribution >= 0.6 is 7.80 Å². The van der Waals surface area contributed by atoms with Gasteiger partial charge in [0.2, 0.25) is 5.52 Å². The lowest BCUT2D eigenvalue weighted by atomic mass is 9.98. The lowest BCUT2D eigenvalue weighted by Gasteiger charge is -2.23. The second-order valence-electron chi connectivity index (χ2n) is 10.0. The van der Waals surface area contributed by atoms with E-state index in [1.807, 2.05) is 0 Å². The Bertz CT molecular complexity index is 1850. The van der Waals surface area contributed by atoms with Crippen LogP contribution in [0.5, 0.6) is 11.5 Å². The van der Waals surface area contributed by atoms with Gasteiger partial charge in [-0.05, 0) is 36.4 Å². The number of alkyl halides is 6. The van der Waals surface area contributed by atoms with Gasteiger partial charge in [-0.1, -0.05) is 91.0 Å². The number of halogens is 6. The molecule has 0 aliphatic heterocycles. The molecule has 5 aromatic carbocycles. The van der Waals surface area contributed by atoms with E-state index >= 15 is 0 Å². The first-order valence-corrected chi connectivity index (χ1v) is 15.3. The topological polar surface area (TPSA) is 69.7 Å². The van der Waals surface area contributed by atoms with Crippen LogP contribution in [-0.2, 0) is 16.9 Å². The van der Waals surface area contributed by atoms with Crippen LogP contribution in [-0.4, -0.2) is 11.3 Å². The summed E-state index contributed by atoms with van der Waals surface area (Å²) < 4.78 is 109. The van der Waals surface area contributed by atoms with Gasteiger partial charge in [-0.3, -0.25) is 9.59 Å². The fourth-order valence-electron chi connectivity index (χ4n) is 4.84. The maximum absolute atomic E-state index is 14.1. The van der Waals surface area contributed by atoms with Crippen LogP contribution in [0.3, 0.4) is 0 Å². The number of benzene rings is 5. The van der Waals surface area contributed by atoms with Gasteiger partial charge in [0.15, 0.2) is 13.6 Å². The van der Waals surface area contributed by atoms with E-state index in [1.54, 1.807) is 66.7 Å². The van der Waals surface area contributed by atoms with Crippen molar-refractivity contribution in [2.75, 3.05) is 0 Å². The second kappa shape index (κ2) is 13.7. The molecule has 0 N–H and O–H groups in total. The highest BCUT2D eigenvalue weighted by molar-refractivity contribution is 7.71. The molecule has 0 spiro atoms. The SMILES string of the molecule is O=C(c1ccccc1C(Oc1ccccc1)Oc1ccccc1)c1ccccc1[PH](=O)C(=O)c1c(C(F)(F)F)cccc1C(F)(F)F. The Morgan fingerprint density at radius 2 is 1.00 bits per heavy atom. The number of carbonyl (C=O) groups is 2. The number of hydrogen-bond donors (Lipinski definition) is 0. The molecule has 0 aliphatic carbocycles. The van der Waals surface area contributed by atoms with Crippen molar-refractivity contribution in [2.24, 2.45) is 0 Å². The zero-order valence-electron chi connectivity index (χ0n) is 24.0. The van der Waals surface area contributed by atoms with Crippen molar-refractivity contribution in [3.8, 4) is 11.5 Å². The van der Waals surface area contributed by atoms with E-state index in [-0.39, 0.29) is 16.7 Å². The van der Waals surface area contributed by atoms with Crippen LogP contribution in [0.4, 0.5) is 26.3 Å². The first kappa shape index (κ1) is 33.2. The second-order valence-corrected chi connectivity index (χ2v) is 11.7. The molecule has 47 heavy (non-hydrogen) atoms. The summed E-state index contributed by atoms with van der Waals surface area (Å²) in [6.45, 7) is 0. The lowest BCUT2D eigenvalue weighted by Crippen LogP contribution is -2.23. The molecule has 5 rings (SSSR count). The predicted molar refractivity (Wildman–Crippen MR) is 163 cm³/mol. The molecule has 0 fully saturated rings. The summed E-state index contributed by atoms with van der Waals surface area (Å²) >= 11 is 0. The van der Waals surface area contributed by atoms with Crippen molar-refractivity contribution in [3.63, 3.8) is 0 Å². The quantitative estimate of drug-likeness (QED) is 0.0643. The van der Waals surface area contributed by atoms with E-state index in [1.165, 1.54) is 36.4 Å². The Balaban J connectivity index is 1.58. The highest BCUT2D eigenvalue weighted by Gasteiger charge is 2.44. The van der Waals surface area contributed by atoms with Crippen LogP contribution in [0.25, 0.3) is 0 Å². The Morgan fingerprint density at radius 3 is 1.51 bits per heavy atom. The highest BCUT2D eigenvalue weighted by Crippen LogP contribution is 2.43. The van der Waals surface area contributed by atoms with Crippen molar-refractivity contribution in [2.45, 2.75) is 18.6 Å². The largest absolute Gasteiger partial charge is 0.451 e. The van der Waals surface area contributed by atoms with Crippen LogP contribution in [0.2, 0.25) is 0 Å². The van der Waals surface area contributed by atoms with Gasteiger partial charge in [0, 0.05) is 27.6 Å². The third-order valence-corrected chi connectivity index (χ3v) is 8.54. The molecule has 5 nitrogen and oxygen atoms in total. The van der Waals surface area contributed by atoms with Crippen molar-refractivity contribution >= 4 is 24.4 Å². The maximum atomic E-state index is 14.1. The molecule has 5 aromatic rings. The molecule has 0 radical (unpaired) electrons. The molecule has 1 atom stereocenters. The lowest BCUT2D eigenvalue weighted by molar-refractivity contribution is -0.143. The number of ether oxygens (including phenoxy) is 2. The van der Waals surface area contributed by atoms with Gasteiger partial charge in [0.05, 0.1) is 11.1 Å². The number of hydrogen-bond acceptors (Lipinski definition) is 5. The standard InChI is InChI=1S/C35H23F6O5P/c36-34(37,38)27-19-11-20-28(35(39,40)41)30(27)32(43)47(44)29-21-10-9-18-26(29)31(42)24-16-7-8-17-25(24)33(45-22-12-3-1-4-13-22)46-23-14-5-2-6-15-23/h1-21,33,47H. The number of carbonyl (C=O) groups excluding carboxylic acids is 2. The highest BCUT2D eigenvalue weighted by atomic mass is 31.1. The van der Waals surface area contributed by atoms with Crippen molar-refractivity contribution in [1.29, 1.82) is 0 Å². The summed E-state index contributed by atoms with van der Waals surface area (Å²) in [6.07, 6.45) is -12.0. The van der Waals surface area contributed by atoms with Crippen molar-refractivity contribution in [3.05, 3.63) is 161 Å². The third-order valence-electron chi connectivity index (χ3n) is 6.96. The smallest absolute Gasteiger partial charge is 0.417 e. The van der Waals surface area contributed by atoms with E-state index < -0.39 is 59.7 Å². The molecule has 0 heterocycles. The first-order chi connectivity index (χ1) is 22.4. The summed E-state index contributed by atoms with van der Waals surface area (Å²) in [5, 5.41) is -0.503. The monoisotopic (exact) mass is 668 g/mol. The fourth-order valence-corrected chi connectivity index (χ4v) is 6.27. The van der Waals surface area contributed by atoms with Crippen LogP contribution in [0, 0.1) is 0 Å². The molecular weight excluding hydrogens is 645 g/mol. The van der Waals surface area contributed by atoms with E-state index in [4.69, 9.17) is 9.47 Å². The fraction of sp³-hybridized carbons (Fsp3) is 0.0857. The van der Waals surface area contributed by atoms with Crippen LogP contribution in [0.15, 0.2) is 127 Å². The maximum Gasteiger partial charge on any atom is 0.417 e. The number of rotatable bonds is 10. The van der Waals surface area contributed by atoms with Gasteiger partial charge >= 0.3 is 12.4 Å². The first-order valence-electron chi connectivity index (χ1n) is 13.9. The summed E-state index contributed by atoms with van der Waals surface area (Å²) in [6, 6.07) is 29.1. The Morgan fingerprint density at radius 1 is 0.553 bits per heavy atom. The van der Waals surface area contributed by atoms with Gasteiger partial charge in [0.1, 0.15) is 11.5 Å². The summed E-state index contributed by atoms with van der Waals surface area (Å²) in [7, 11) is -4.14. The van der Waals surface area contributed by atoms with Crippen molar-refractivity contribution in [1.82, 2.24) is 0 Å². The average Bonchev–Trinajstić information content (AvgIpc) is 3.07. The van der Waals surface area contributed by atoms with Crippen molar-refractivity contribution < 1.29 is 50.0 Å². The van der Waals surface area contributed by atoms with E-state index in [0.29, 0.717) is 29.7 Å². The van der Waals surface area contributed by atoms with Gasteiger partial charge in [-0.25, -0.2) is 0 Å². The minimum absolute atomic E-state index is 0.0364. The molecule has 12 heteroatoms. The summed E-state index contributed by atoms with van der Waals surface area (Å²) in [5.74, 6) is -0.0492. The zero-order chi connectivity index (χ0) is 33.8.